The van der Waals surface area contributed by atoms with Gasteiger partial charge >= 0.3 is 0 Å². The van der Waals surface area contributed by atoms with Crippen LogP contribution in [0.5, 0.6) is 0 Å². The zero-order valence-electron chi connectivity index (χ0n) is 5.83. The van der Waals surface area contributed by atoms with E-state index in [1.165, 1.54) is 6.26 Å². The summed E-state index contributed by atoms with van der Waals surface area (Å²) in [6, 6.07) is -0.733. The molecule has 0 spiro atoms. The van der Waals surface area contributed by atoms with Crippen molar-refractivity contribution < 1.29 is 19.8 Å². The number of quaternary nitrogens is 1. The zero-order valence-corrected chi connectivity index (χ0v) is 6.65. The van der Waals surface area contributed by atoms with Crippen LogP contribution in [0.3, 0.4) is 0 Å². The molecule has 0 aliphatic heterocycles. The predicted octanol–water partition coefficient (Wildman–Crippen LogP) is -2.88. The monoisotopic (exact) mass is 165 g/mol. The van der Waals surface area contributed by atoms with Crippen LogP contribution in [-0.4, -0.2) is 28.2 Å². The van der Waals surface area contributed by atoms with Crippen molar-refractivity contribution in [3.05, 3.63) is 0 Å². The Bertz CT molecular complexity index is 148. The van der Waals surface area contributed by atoms with E-state index >= 15 is 0 Å². The molecule has 0 unspecified atom stereocenters. The minimum absolute atomic E-state index is 0.325. The lowest BCUT2D eigenvalue weighted by Crippen LogP contribution is -2.68. The van der Waals surface area contributed by atoms with Gasteiger partial charge in [-0.3, -0.25) is 4.21 Å². The Morgan fingerprint density at radius 1 is 1.80 bits per heavy atom. The maximum absolute atomic E-state index is 10.4. The number of rotatable bonds is 4. The molecule has 0 aromatic heterocycles. The third-order valence-electron chi connectivity index (χ3n) is 1.09. The summed E-state index contributed by atoms with van der Waals surface area (Å²) in [7, 11) is -0.934. The minimum Gasteiger partial charge on any atom is -0.544 e. The molecule has 0 amide bonds. The molecule has 0 saturated carbocycles. The fourth-order valence-corrected chi connectivity index (χ4v) is 1.04. The van der Waals surface area contributed by atoms with Crippen LogP contribution >= 0.6 is 0 Å². The van der Waals surface area contributed by atoms with Crippen LogP contribution in [-0.2, 0) is 15.6 Å². The van der Waals surface area contributed by atoms with Crippen LogP contribution in [0.2, 0.25) is 0 Å². The number of hydrogen-bond donors (Lipinski definition) is 1. The van der Waals surface area contributed by atoms with Crippen LogP contribution < -0.4 is 10.8 Å². The molecule has 2 atom stereocenters. The lowest BCUT2D eigenvalue weighted by molar-refractivity contribution is -0.437. The standard InChI is InChI=1S/C5H11NO3S/c1-10(9)3-2-4(6)5(7)8/h4H,2-3,6H2,1H3,(H,7,8)/t4-,10-/m1/s1. The molecule has 3 N–H and O–H groups in total. The fraction of sp³-hybridized carbons (Fsp3) is 0.800. The van der Waals surface area contributed by atoms with E-state index in [2.05, 4.69) is 5.73 Å². The quantitative estimate of drug-likeness (QED) is 0.485. The average molecular weight is 165 g/mol. The summed E-state index contributed by atoms with van der Waals surface area (Å²) in [4.78, 5) is 10.0. The van der Waals surface area contributed by atoms with E-state index in [0.29, 0.717) is 12.2 Å². The van der Waals surface area contributed by atoms with E-state index in [1.807, 2.05) is 0 Å². The van der Waals surface area contributed by atoms with Crippen molar-refractivity contribution in [2.45, 2.75) is 12.5 Å². The van der Waals surface area contributed by atoms with Crippen LogP contribution in [0.15, 0.2) is 0 Å². The van der Waals surface area contributed by atoms with Crippen molar-refractivity contribution in [2.75, 3.05) is 12.0 Å². The molecule has 0 aliphatic carbocycles. The van der Waals surface area contributed by atoms with E-state index < -0.39 is 22.8 Å². The molecule has 10 heavy (non-hydrogen) atoms. The summed E-state index contributed by atoms with van der Waals surface area (Å²) in [5.41, 5.74) is 3.31. The van der Waals surface area contributed by atoms with Gasteiger partial charge in [0.15, 0.2) is 0 Å². The molecule has 0 aliphatic rings. The number of carboxylic acids is 1. The van der Waals surface area contributed by atoms with E-state index in [4.69, 9.17) is 0 Å². The molecule has 0 radical (unpaired) electrons. The molecule has 60 valence electrons. The Morgan fingerprint density at radius 2 is 2.30 bits per heavy atom. The van der Waals surface area contributed by atoms with E-state index in [1.54, 1.807) is 0 Å². The van der Waals surface area contributed by atoms with Crippen LogP contribution in [0.1, 0.15) is 6.42 Å². The average Bonchev–Trinajstić information content (AvgIpc) is 1.82. The van der Waals surface area contributed by atoms with E-state index in [0.717, 1.165) is 0 Å². The van der Waals surface area contributed by atoms with Crippen molar-refractivity contribution in [3.63, 3.8) is 0 Å². The first kappa shape index (κ1) is 9.58. The van der Waals surface area contributed by atoms with Crippen molar-refractivity contribution in [1.29, 1.82) is 0 Å². The maximum atomic E-state index is 10.4. The third kappa shape index (κ3) is 4.46. The second-order valence-corrected chi connectivity index (χ2v) is 3.64. The molecule has 0 aromatic rings. The molecule has 5 heteroatoms. The highest BCUT2D eigenvalue weighted by molar-refractivity contribution is 7.84. The van der Waals surface area contributed by atoms with Gasteiger partial charge in [-0.1, -0.05) is 0 Å². The molecule has 0 heterocycles. The summed E-state index contributed by atoms with van der Waals surface area (Å²) in [6.45, 7) is 0. The van der Waals surface area contributed by atoms with Crippen LogP contribution in [0.25, 0.3) is 0 Å². The van der Waals surface area contributed by atoms with Gasteiger partial charge in [-0.05, 0) is 0 Å². The fourth-order valence-electron chi connectivity index (χ4n) is 0.426. The Labute approximate surface area is 61.9 Å². The SMILES string of the molecule is C[S@@](=O)CC[C@@H]([NH3+])C(=O)[O-]. The first-order chi connectivity index (χ1) is 4.54. The molecule has 0 bridgehead atoms. The van der Waals surface area contributed by atoms with Gasteiger partial charge in [-0.15, -0.1) is 0 Å². The Kier molecular flexibility index (Phi) is 4.22. The summed E-state index contributed by atoms with van der Waals surface area (Å²) in [5.74, 6) is -0.798. The summed E-state index contributed by atoms with van der Waals surface area (Å²) in [5, 5.41) is 10.0. The normalized spacial score (nSPS) is 16.2. The Morgan fingerprint density at radius 3 is 2.60 bits per heavy atom. The van der Waals surface area contributed by atoms with Crippen molar-refractivity contribution in [3.8, 4) is 0 Å². The van der Waals surface area contributed by atoms with Gasteiger partial charge in [0.1, 0.15) is 6.04 Å². The molecule has 0 fully saturated rings. The highest BCUT2D eigenvalue weighted by Crippen LogP contribution is 1.86. The topological polar surface area (TPSA) is 84.8 Å². The number of carbonyl (C=O) groups excluding carboxylic acids is 1. The minimum atomic E-state index is -1.18. The second-order valence-electron chi connectivity index (χ2n) is 2.08. The van der Waals surface area contributed by atoms with E-state index in [-0.39, 0.29) is 0 Å². The lowest BCUT2D eigenvalue weighted by atomic mass is 10.2. The van der Waals surface area contributed by atoms with Crippen molar-refractivity contribution >= 4 is 16.8 Å². The Hall–Kier alpha value is -0.420. The van der Waals surface area contributed by atoms with Gasteiger partial charge in [0.05, 0.1) is 5.97 Å². The molecule has 0 rings (SSSR count). The van der Waals surface area contributed by atoms with Gasteiger partial charge < -0.3 is 15.6 Å². The number of aliphatic carboxylic acids is 1. The summed E-state index contributed by atoms with van der Waals surface area (Å²) < 4.78 is 10.4. The smallest absolute Gasteiger partial charge is 0.125 e. The number of carbonyl (C=O) groups is 1. The van der Waals surface area contributed by atoms with Crippen LogP contribution in [0, 0.1) is 0 Å². The second kappa shape index (κ2) is 4.40. The molecule has 0 aromatic carbocycles. The largest absolute Gasteiger partial charge is 0.544 e. The highest BCUT2D eigenvalue weighted by atomic mass is 32.2. The van der Waals surface area contributed by atoms with Gasteiger partial charge in [0, 0.05) is 29.2 Å². The van der Waals surface area contributed by atoms with Crippen LogP contribution in [0.4, 0.5) is 0 Å². The van der Waals surface area contributed by atoms with Gasteiger partial charge in [-0.2, -0.15) is 0 Å². The van der Waals surface area contributed by atoms with Gasteiger partial charge in [-0.25, -0.2) is 0 Å². The summed E-state index contributed by atoms with van der Waals surface area (Å²) >= 11 is 0. The molecular formula is C5H11NO3S. The molecule has 0 saturated heterocycles. The Balaban J connectivity index is 3.49. The van der Waals surface area contributed by atoms with Gasteiger partial charge in [0.25, 0.3) is 0 Å². The van der Waals surface area contributed by atoms with Crippen molar-refractivity contribution in [1.82, 2.24) is 0 Å². The molecule has 4 nitrogen and oxygen atoms in total. The summed E-state index contributed by atoms with van der Waals surface area (Å²) in [6.07, 6.45) is 1.85. The zero-order chi connectivity index (χ0) is 8.15. The number of carboxylic acid groups (broad SMARTS) is 1. The molecular weight excluding hydrogens is 154 g/mol. The first-order valence-corrected chi connectivity index (χ1v) is 4.60. The maximum Gasteiger partial charge on any atom is 0.125 e. The van der Waals surface area contributed by atoms with E-state index in [9.17, 15) is 14.1 Å². The lowest BCUT2D eigenvalue weighted by Gasteiger charge is -2.06. The first-order valence-electron chi connectivity index (χ1n) is 2.88. The highest BCUT2D eigenvalue weighted by Gasteiger charge is 2.06. The van der Waals surface area contributed by atoms with Gasteiger partial charge in [0.2, 0.25) is 0 Å². The predicted molar refractivity (Wildman–Crippen MR) is 35.2 cm³/mol. The van der Waals surface area contributed by atoms with Crippen molar-refractivity contribution in [2.24, 2.45) is 0 Å². The third-order valence-corrected chi connectivity index (χ3v) is 1.90. The number of hydrogen-bond acceptors (Lipinski definition) is 3.